The summed E-state index contributed by atoms with van der Waals surface area (Å²) in [5, 5.41) is 2.47. The first-order valence-electron chi connectivity index (χ1n) is 18.1. The molecule has 246 valence electrons. The maximum Gasteiger partial charge on any atom is 0.160 e. The number of hydrogen-bond donors (Lipinski definition) is 0. The third kappa shape index (κ3) is 4.38. The molecule has 2 aromatic heterocycles. The molecule has 0 saturated carbocycles. The number of aromatic nitrogens is 3. The molecule has 9 aromatic rings. The molecule has 11 rings (SSSR count). The van der Waals surface area contributed by atoms with E-state index >= 15 is 0 Å². The van der Waals surface area contributed by atoms with Gasteiger partial charge in [-0.05, 0) is 103 Å². The maximum atomic E-state index is 5.27. The van der Waals surface area contributed by atoms with Crippen LogP contribution in [0.5, 0.6) is 0 Å². The lowest BCUT2D eigenvalue weighted by Gasteiger charge is -2.35. The third-order valence-corrected chi connectivity index (χ3v) is 11.2. The maximum absolute atomic E-state index is 5.27. The van der Waals surface area contributed by atoms with Crippen LogP contribution in [-0.2, 0) is 5.41 Å². The van der Waals surface area contributed by atoms with Crippen molar-refractivity contribution in [1.82, 2.24) is 15.0 Å². The second-order valence-electron chi connectivity index (χ2n) is 14.0. The summed E-state index contributed by atoms with van der Waals surface area (Å²) >= 11 is 0. The fourth-order valence-electron chi connectivity index (χ4n) is 8.91. The van der Waals surface area contributed by atoms with Crippen molar-refractivity contribution < 1.29 is 0 Å². The summed E-state index contributed by atoms with van der Waals surface area (Å²) in [6.07, 6.45) is 3.67. The van der Waals surface area contributed by atoms with Gasteiger partial charge in [0.25, 0.3) is 0 Å². The van der Waals surface area contributed by atoms with Gasteiger partial charge >= 0.3 is 0 Å². The first-order chi connectivity index (χ1) is 26.3. The van der Waals surface area contributed by atoms with E-state index in [0.717, 1.165) is 28.1 Å². The molecular formula is C50H31N3. The Bertz CT molecular complexity index is 2840. The average molecular weight is 674 g/mol. The number of hydrogen-bond acceptors (Lipinski definition) is 3. The van der Waals surface area contributed by atoms with Crippen molar-refractivity contribution in [1.29, 1.82) is 0 Å². The molecule has 0 amide bonds. The molecule has 2 aliphatic rings. The smallest absolute Gasteiger partial charge is 0.160 e. The van der Waals surface area contributed by atoms with Crippen molar-refractivity contribution in [3.63, 3.8) is 0 Å². The fraction of sp³-hybridized carbons (Fsp3) is 0.0200. The van der Waals surface area contributed by atoms with Crippen LogP contribution in [0.3, 0.4) is 0 Å². The highest BCUT2D eigenvalue weighted by atomic mass is 14.9. The summed E-state index contributed by atoms with van der Waals surface area (Å²) in [6.45, 7) is 0. The molecule has 1 unspecified atom stereocenters. The lowest BCUT2D eigenvalue weighted by atomic mass is 9.65. The molecule has 0 aliphatic heterocycles. The predicted octanol–water partition coefficient (Wildman–Crippen LogP) is 12.0. The van der Waals surface area contributed by atoms with Gasteiger partial charge < -0.3 is 0 Å². The number of pyridine rings is 1. The lowest BCUT2D eigenvalue weighted by molar-refractivity contribution is 0.776. The van der Waals surface area contributed by atoms with Crippen LogP contribution in [0.2, 0.25) is 0 Å². The molecule has 0 radical (unpaired) electrons. The van der Waals surface area contributed by atoms with Crippen LogP contribution in [0.4, 0.5) is 0 Å². The topological polar surface area (TPSA) is 38.7 Å². The van der Waals surface area contributed by atoms with Crippen molar-refractivity contribution in [3.8, 4) is 67.3 Å². The molecular weight excluding hydrogens is 643 g/mol. The van der Waals surface area contributed by atoms with E-state index in [1.165, 1.54) is 66.4 Å². The van der Waals surface area contributed by atoms with Gasteiger partial charge in [-0.25, -0.2) is 9.97 Å². The summed E-state index contributed by atoms with van der Waals surface area (Å²) in [4.78, 5) is 15.0. The van der Waals surface area contributed by atoms with Crippen molar-refractivity contribution in [2.75, 3.05) is 0 Å². The Labute approximate surface area is 308 Å². The van der Waals surface area contributed by atoms with E-state index in [2.05, 4.69) is 169 Å². The number of nitrogens with zero attached hydrogens (tertiary/aromatic N) is 3. The van der Waals surface area contributed by atoms with Crippen LogP contribution >= 0.6 is 0 Å². The summed E-state index contributed by atoms with van der Waals surface area (Å²) in [7, 11) is 0. The van der Waals surface area contributed by atoms with E-state index in [1.54, 1.807) is 6.20 Å². The molecule has 0 saturated heterocycles. The lowest BCUT2D eigenvalue weighted by Crippen LogP contribution is -2.29. The van der Waals surface area contributed by atoms with Crippen LogP contribution in [0, 0.1) is 0 Å². The van der Waals surface area contributed by atoms with Gasteiger partial charge in [0.1, 0.15) is 0 Å². The Balaban J connectivity index is 1.27. The molecule has 0 N–H and O–H groups in total. The van der Waals surface area contributed by atoms with Gasteiger partial charge in [0.2, 0.25) is 0 Å². The molecule has 7 aromatic carbocycles. The highest BCUT2D eigenvalue weighted by Gasteiger charge is 2.50. The van der Waals surface area contributed by atoms with Crippen LogP contribution < -0.4 is 0 Å². The van der Waals surface area contributed by atoms with Crippen LogP contribution in [-0.4, -0.2) is 15.0 Å². The van der Waals surface area contributed by atoms with Crippen molar-refractivity contribution in [2.45, 2.75) is 5.41 Å². The SMILES string of the molecule is c1ccc(-c2cc(-c3cccnc3)nc(-c3ccc4c(c3)C3(c5ccccc5-c5ccccc5-4)c4ccccc4-c4cc5ccccc5cc43)n2)cc1. The minimum atomic E-state index is -0.611. The monoisotopic (exact) mass is 673 g/mol. The standard InChI is InChI=1S/C50H31N3/c1-2-13-32(14-3-1)47-30-48(36-17-12-26-51-31-36)53-49(52-47)35-24-25-41-38-19-7-6-18-37(38)39-20-8-10-22-43(39)50(45(41)29-35)44-23-11-9-21-40(44)42-27-33-15-4-5-16-34(33)28-46(42)50/h1-31H. The normalized spacial score (nSPS) is 14.9. The van der Waals surface area contributed by atoms with Crippen LogP contribution in [0.25, 0.3) is 78.1 Å². The van der Waals surface area contributed by atoms with E-state index in [9.17, 15) is 0 Å². The Morgan fingerprint density at radius 2 is 0.887 bits per heavy atom. The van der Waals surface area contributed by atoms with Gasteiger partial charge in [0.15, 0.2) is 5.82 Å². The van der Waals surface area contributed by atoms with Gasteiger partial charge in [-0.1, -0.05) is 140 Å². The summed E-state index contributed by atoms with van der Waals surface area (Å²) in [5.74, 6) is 0.680. The quantitative estimate of drug-likeness (QED) is 0.187. The van der Waals surface area contributed by atoms with E-state index in [1.807, 2.05) is 18.3 Å². The first-order valence-corrected chi connectivity index (χ1v) is 18.1. The fourth-order valence-corrected chi connectivity index (χ4v) is 8.91. The summed E-state index contributed by atoms with van der Waals surface area (Å²) in [5.41, 5.74) is 16.6. The Morgan fingerprint density at radius 3 is 1.58 bits per heavy atom. The summed E-state index contributed by atoms with van der Waals surface area (Å²) in [6, 6.07) is 63.9. The van der Waals surface area contributed by atoms with Crippen molar-refractivity contribution in [2.24, 2.45) is 0 Å². The largest absolute Gasteiger partial charge is 0.264 e. The Hall–Kier alpha value is -6.97. The van der Waals surface area contributed by atoms with Gasteiger partial charge in [-0.3, -0.25) is 4.98 Å². The first kappa shape index (κ1) is 29.7. The number of benzene rings is 7. The highest BCUT2D eigenvalue weighted by molar-refractivity contribution is 6.01. The van der Waals surface area contributed by atoms with Gasteiger partial charge in [-0.2, -0.15) is 0 Å². The average Bonchev–Trinajstić information content (AvgIpc) is 3.46. The van der Waals surface area contributed by atoms with Gasteiger partial charge in [0, 0.05) is 29.1 Å². The van der Waals surface area contributed by atoms with E-state index in [4.69, 9.17) is 9.97 Å². The van der Waals surface area contributed by atoms with Crippen molar-refractivity contribution >= 4 is 10.8 Å². The molecule has 3 heteroatoms. The predicted molar refractivity (Wildman–Crippen MR) is 215 cm³/mol. The van der Waals surface area contributed by atoms with E-state index in [-0.39, 0.29) is 0 Å². The van der Waals surface area contributed by atoms with E-state index in [0.29, 0.717) is 5.82 Å². The molecule has 0 fully saturated rings. The molecule has 53 heavy (non-hydrogen) atoms. The second-order valence-corrected chi connectivity index (χ2v) is 14.0. The van der Waals surface area contributed by atoms with E-state index < -0.39 is 5.41 Å². The van der Waals surface area contributed by atoms with Crippen molar-refractivity contribution in [3.05, 3.63) is 211 Å². The minimum Gasteiger partial charge on any atom is -0.264 e. The van der Waals surface area contributed by atoms with Crippen LogP contribution in [0.15, 0.2) is 188 Å². The molecule has 1 atom stereocenters. The number of rotatable bonds is 3. The molecule has 2 heterocycles. The summed E-state index contributed by atoms with van der Waals surface area (Å²) < 4.78 is 0. The van der Waals surface area contributed by atoms with Gasteiger partial charge in [-0.15, -0.1) is 0 Å². The van der Waals surface area contributed by atoms with Crippen LogP contribution in [0.1, 0.15) is 22.3 Å². The second kappa shape index (κ2) is 11.5. The number of fused-ring (bicyclic) bond motifs is 13. The zero-order valence-corrected chi connectivity index (χ0v) is 28.7. The molecule has 3 nitrogen and oxygen atoms in total. The van der Waals surface area contributed by atoms with Gasteiger partial charge in [0.05, 0.1) is 16.8 Å². The highest BCUT2D eigenvalue weighted by Crippen LogP contribution is 2.62. The zero-order valence-electron chi connectivity index (χ0n) is 28.7. The molecule has 2 aliphatic carbocycles. The Kier molecular flexibility index (Phi) is 6.47. The zero-order chi connectivity index (χ0) is 34.9. The minimum absolute atomic E-state index is 0.611. The third-order valence-electron chi connectivity index (χ3n) is 11.2. The molecule has 1 spiro atoms. The molecule has 0 bridgehead atoms. The Morgan fingerprint density at radius 1 is 0.340 bits per heavy atom.